The van der Waals surface area contributed by atoms with Crippen LogP contribution in [0.15, 0.2) is 48.8 Å². The number of anilines is 1. The number of likely N-dealkylation sites (tertiary alicyclic amines) is 1. The predicted octanol–water partition coefficient (Wildman–Crippen LogP) is 6.33. The Morgan fingerprint density at radius 2 is 1.70 bits per heavy atom. The minimum absolute atomic E-state index is 0.166. The number of ether oxygens (including phenoxy) is 1. The van der Waals surface area contributed by atoms with Gasteiger partial charge < -0.3 is 15.0 Å². The Bertz CT molecular complexity index is 1150. The monoisotopic (exact) mass is 463 g/mol. The van der Waals surface area contributed by atoms with E-state index in [1.807, 2.05) is 6.07 Å². The van der Waals surface area contributed by atoms with Crippen LogP contribution in [0.4, 0.5) is 32.4 Å². The van der Waals surface area contributed by atoms with E-state index in [0.717, 1.165) is 24.8 Å². The summed E-state index contributed by atoms with van der Waals surface area (Å²) in [5.41, 5.74) is 1.12. The van der Waals surface area contributed by atoms with Crippen molar-refractivity contribution in [2.75, 3.05) is 11.9 Å². The highest BCUT2D eigenvalue weighted by atomic mass is 19.2. The lowest BCUT2D eigenvalue weighted by Gasteiger charge is -2.35. The smallest absolute Gasteiger partial charge is 0.322 e. The summed E-state index contributed by atoms with van der Waals surface area (Å²) in [7, 11) is 0. The largest absolute Gasteiger partial charge is 0.451 e. The average molecular weight is 463 g/mol. The first-order chi connectivity index (χ1) is 15.9. The SMILES string of the molecule is O=C(Nc1cccc(Oc2c(F)c(F)c(F)c(F)c2F)c1)N1CCCC[C@@H]1c1cccnc1. The molecule has 3 aromatic rings. The molecule has 2 amide bonds. The number of carbonyl (C=O) groups excluding carboxylic acids is 1. The molecule has 1 aromatic heterocycles. The number of hydrogen-bond donors (Lipinski definition) is 1. The van der Waals surface area contributed by atoms with Crippen molar-refractivity contribution < 1.29 is 31.5 Å². The molecular weight excluding hydrogens is 445 g/mol. The molecule has 1 aliphatic rings. The fraction of sp³-hybridized carbons (Fsp3) is 0.217. The minimum atomic E-state index is -2.27. The van der Waals surface area contributed by atoms with Crippen LogP contribution in [0.2, 0.25) is 0 Å². The molecule has 0 radical (unpaired) electrons. The van der Waals surface area contributed by atoms with E-state index in [-0.39, 0.29) is 17.5 Å². The zero-order valence-electron chi connectivity index (χ0n) is 17.1. The lowest BCUT2D eigenvalue weighted by Crippen LogP contribution is -2.41. The van der Waals surface area contributed by atoms with Gasteiger partial charge in [0.25, 0.3) is 0 Å². The molecule has 0 aliphatic carbocycles. The molecule has 172 valence electrons. The molecule has 0 bridgehead atoms. The summed E-state index contributed by atoms with van der Waals surface area (Å²) in [6, 6.07) is 8.50. The van der Waals surface area contributed by atoms with Crippen LogP contribution in [-0.4, -0.2) is 22.5 Å². The van der Waals surface area contributed by atoms with Crippen LogP contribution in [0.25, 0.3) is 0 Å². The van der Waals surface area contributed by atoms with Gasteiger partial charge in [-0.2, -0.15) is 8.78 Å². The van der Waals surface area contributed by atoms with Crippen LogP contribution in [0.5, 0.6) is 11.5 Å². The van der Waals surface area contributed by atoms with Gasteiger partial charge in [-0.25, -0.2) is 18.0 Å². The molecular formula is C23H18F5N3O2. The molecule has 2 aromatic carbocycles. The van der Waals surface area contributed by atoms with Gasteiger partial charge >= 0.3 is 6.03 Å². The van der Waals surface area contributed by atoms with E-state index < -0.39 is 40.9 Å². The number of hydrogen-bond acceptors (Lipinski definition) is 3. The van der Waals surface area contributed by atoms with Gasteiger partial charge in [0.1, 0.15) is 5.75 Å². The van der Waals surface area contributed by atoms with Gasteiger partial charge in [0, 0.05) is 30.7 Å². The second-order valence-electron chi connectivity index (χ2n) is 7.45. The van der Waals surface area contributed by atoms with E-state index in [4.69, 9.17) is 4.74 Å². The average Bonchev–Trinajstić information content (AvgIpc) is 2.85. The van der Waals surface area contributed by atoms with Crippen LogP contribution in [0.3, 0.4) is 0 Å². The van der Waals surface area contributed by atoms with Crippen LogP contribution in [0.1, 0.15) is 30.9 Å². The van der Waals surface area contributed by atoms with E-state index in [2.05, 4.69) is 10.3 Å². The molecule has 1 N–H and O–H groups in total. The normalized spacial score (nSPS) is 15.9. The summed E-state index contributed by atoms with van der Waals surface area (Å²) in [5, 5.41) is 2.69. The summed E-state index contributed by atoms with van der Waals surface area (Å²) >= 11 is 0. The van der Waals surface area contributed by atoms with E-state index in [1.165, 1.54) is 24.3 Å². The van der Waals surface area contributed by atoms with E-state index in [0.29, 0.717) is 6.54 Å². The zero-order chi connectivity index (χ0) is 23.5. The number of nitrogens with one attached hydrogen (secondary N) is 1. The summed E-state index contributed by atoms with van der Waals surface area (Å²) in [6.07, 6.45) is 5.90. The number of piperidine rings is 1. The Hall–Kier alpha value is -3.69. The fourth-order valence-corrected chi connectivity index (χ4v) is 3.72. The number of rotatable bonds is 4. The Balaban J connectivity index is 1.54. The number of nitrogens with zero attached hydrogens (tertiary/aromatic N) is 2. The van der Waals surface area contributed by atoms with Crippen molar-refractivity contribution in [3.63, 3.8) is 0 Å². The molecule has 1 fully saturated rings. The number of amides is 2. The van der Waals surface area contributed by atoms with Gasteiger partial charge in [-0.1, -0.05) is 12.1 Å². The van der Waals surface area contributed by atoms with Gasteiger partial charge in [0.05, 0.1) is 6.04 Å². The molecule has 0 saturated carbocycles. The number of aromatic nitrogens is 1. The van der Waals surface area contributed by atoms with Crippen LogP contribution in [-0.2, 0) is 0 Å². The van der Waals surface area contributed by atoms with E-state index >= 15 is 0 Å². The number of urea groups is 1. The molecule has 1 saturated heterocycles. The number of carbonyl (C=O) groups is 1. The molecule has 5 nitrogen and oxygen atoms in total. The molecule has 4 rings (SSSR count). The third-order valence-electron chi connectivity index (χ3n) is 5.31. The quantitative estimate of drug-likeness (QED) is 0.280. The van der Waals surface area contributed by atoms with Crippen molar-refractivity contribution >= 4 is 11.7 Å². The van der Waals surface area contributed by atoms with Crippen molar-refractivity contribution in [1.29, 1.82) is 0 Å². The first kappa shape index (κ1) is 22.5. The second-order valence-corrected chi connectivity index (χ2v) is 7.45. The molecule has 0 spiro atoms. The Labute approximate surface area is 185 Å². The lowest BCUT2D eigenvalue weighted by atomic mass is 9.97. The van der Waals surface area contributed by atoms with Gasteiger partial charge in [-0.05, 0) is 43.0 Å². The highest BCUT2D eigenvalue weighted by Gasteiger charge is 2.29. The fourth-order valence-electron chi connectivity index (χ4n) is 3.72. The molecule has 1 atom stereocenters. The van der Waals surface area contributed by atoms with Crippen molar-refractivity contribution in [3.8, 4) is 11.5 Å². The maximum atomic E-state index is 13.9. The van der Waals surface area contributed by atoms with Crippen LogP contribution >= 0.6 is 0 Å². The first-order valence-corrected chi connectivity index (χ1v) is 10.1. The zero-order valence-corrected chi connectivity index (χ0v) is 17.1. The highest BCUT2D eigenvalue weighted by Crippen LogP contribution is 2.34. The van der Waals surface area contributed by atoms with Crippen molar-refractivity contribution in [3.05, 3.63) is 83.4 Å². The first-order valence-electron chi connectivity index (χ1n) is 10.1. The molecule has 33 heavy (non-hydrogen) atoms. The lowest BCUT2D eigenvalue weighted by molar-refractivity contribution is 0.163. The summed E-state index contributed by atoms with van der Waals surface area (Å²) < 4.78 is 72.9. The number of halogens is 5. The molecule has 0 unspecified atom stereocenters. The summed E-state index contributed by atoms with van der Waals surface area (Å²) in [5.74, 6) is -12.3. The Morgan fingerprint density at radius 1 is 0.970 bits per heavy atom. The van der Waals surface area contributed by atoms with E-state index in [9.17, 15) is 26.7 Å². The van der Waals surface area contributed by atoms with Gasteiger partial charge in [0.2, 0.25) is 34.8 Å². The maximum Gasteiger partial charge on any atom is 0.322 e. The van der Waals surface area contributed by atoms with Crippen LogP contribution < -0.4 is 10.1 Å². The van der Waals surface area contributed by atoms with Gasteiger partial charge in [-0.3, -0.25) is 4.98 Å². The third-order valence-corrected chi connectivity index (χ3v) is 5.31. The summed E-state index contributed by atoms with van der Waals surface area (Å²) in [4.78, 5) is 18.7. The van der Waals surface area contributed by atoms with Gasteiger partial charge in [0.15, 0.2) is 0 Å². The highest BCUT2D eigenvalue weighted by molar-refractivity contribution is 5.90. The molecule has 1 aliphatic heterocycles. The van der Waals surface area contributed by atoms with E-state index in [1.54, 1.807) is 23.4 Å². The Morgan fingerprint density at radius 3 is 2.39 bits per heavy atom. The third kappa shape index (κ3) is 4.59. The standard InChI is InChI=1S/C23H18F5N3O2/c24-17-18(25)20(27)22(21(28)19(17)26)33-15-7-3-6-14(11-15)30-23(32)31-10-2-1-8-16(31)13-5-4-9-29-12-13/h3-7,9,11-12,16H,1-2,8,10H2,(H,30,32)/t16-/m1/s1. The topological polar surface area (TPSA) is 54.5 Å². The van der Waals surface area contributed by atoms with Crippen LogP contribution in [0, 0.1) is 29.1 Å². The van der Waals surface area contributed by atoms with Gasteiger partial charge in [-0.15, -0.1) is 0 Å². The predicted molar refractivity (Wildman–Crippen MR) is 109 cm³/mol. The second kappa shape index (κ2) is 9.43. The Kier molecular flexibility index (Phi) is 6.43. The van der Waals surface area contributed by atoms with Crippen molar-refractivity contribution in [1.82, 2.24) is 9.88 Å². The number of pyridine rings is 1. The molecule has 2 heterocycles. The molecule has 10 heteroatoms. The van der Waals surface area contributed by atoms with Crippen molar-refractivity contribution in [2.45, 2.75) is 25.3 Å². The number of benzene rings is 2. The summed E-state index contributed by atoms with van der Waals surface area (Å²) in [6.45, 7) is 0.520. The van der Waals surface area contributed by atoms with Crippen molar-refractivity contribution in [2.24, 2.45) is 0 Å². The minimum Gasteiger partial charge on any atom is -0.451 e. The maximum absolute atomic E-state index is 13.9.